The second kappa shape index (κ2) is 5.98. The molecule has 2 aromatic rings. The summed E-state index contributed by atoms with van der Waals surface area (Å²) < 4.78 is 5.24. The number of hydrogen-bond donors (Lipinski definition) is 0. The van der Waals surface area contributed by atoms with E-state index >= 15 is 0 Å². The van der Waals surface area contributed by atoms with E-state index in [4.69, 9.17) is 4.42 Å². The molecule has 0 aliphatic carbocycles. The quantitative estimate of drug-likeness (QED) is 0.848. The predicted octanol–water partition coefficient (Wildman–Crippen LogP) is 4.29. The van der Waals surface area contributed by atoms with Crippen molar-refractivity contribution >= 4 is 17.7 Å². The van der Waals surface area contributed by atoms with Crippen LogP contribution in [0.15, 0.2) is 47.1 Å². The fourth-order valence-corrected chi connectivity index (χ4v) is 3.80. The van der Waals surface area contributed by atoms with Gasteiger partial charge in [-0.3, -0.25) is 4.79 Å². The van der Waals surface area contributed by atoms with Crippen LogP contribution in [0.4, 0.5) is 0 Å². The number of carbonyl (C=O) groups is 1. The maximum Gasteiger partial charge on any atom is 0.290 e. The molecular formula is C17H19NO2S. The third-order valence-electron chi connectivity index (χ3n) is 3.77. The molecule has 4 heteroatoms. The molecule has 3 nitrogen and oxygen atoms in total. The topological polar surface area (TPSA) is 33.5 Å². The number of thioether (sulfide) groups is 1. The van der Waals surface area contributed by atoms with Crippen LogP contribution in [0, 0.1) is 0 Å². The highest BCUT2D eigenvalue weighted by molar-refractivity contribution is 7.99. The standard InChI is InChI=1S/C17H19NO2S/c1-12(2)13-5-7-14(8-6-13)17-18(9-11-21-17)16(19)15-4-3-10-20-15/h3-8,10,12,17H,9,11H2,1-2H3. The first-order valence-corrected chi connectivity index (χ1v) is 8.27. The van der Waals surface area contributed by atoms with Crippen LogP contribution < -0.4 is 0 Å². The van der Waals surface area contributed by atoms with Crippen molar-refractivity contribution < 1.29 is 9.21 Å². The summed E-state index contributed by atoms with van der Waals surface area (Å²) in [5.41, 5.74) is 2.51. The summed E-state index contributed by atoms with van der Waals surface area (Å²) in [7, 11) is 0. The Bertz CT molecular complexity index is 604. The Labute approximate surface area is 129 Å². The van der Waals surface area contributed by atoms with Gasteiger partial charge in [0.25, 0.3) is 5.91 Å². The van der Waals surface area contributed by atoms with Crippen molar-refractivity contribution in [3.63, 3.8) is 0 Å². The fourth-order valence-electron chi connectivity index (χ4n) is 2.54. The molecule has 0 spiro atoms. The molecule has 3 rings (SSSR count). The lowest BCUT2D eigenvalue weighted by Gasteiger charge is -2.23. The molecular weight excluding hydrogens is 282 g/mol. The van der Waals surface area contributed by atoms with Gasteiger partial charge in [0.05, 0.1) is 6.26 Å². The summed E-state index contributed by atoms with van der Waals surface area (Å²) in [6, 6.07) is 12.1. The monoisotopic (exact) mass is 301 g/mol. The van der Waals surface area contributed by atoms with E-state index in [1.54, 1.807) is 30.2 Å². The first-order valence-electron chi connectivity index (χ1n) is 7.23. The highest BCUT2D eigenvalue weighted by atomic mass is 32.2. The van der Waals surface area contributed by atoms with Crippen molar-refractivity contribution in [2.75, 3.05) is 12.3 Å². The van der Waals surface area contributed by atoms with Gasteiger partial charge in [-0.25, -0.2) is 0 Å². The third kappa shape index (κ3) is 2.86. The van der Waals surface area contributed by atoms with Gasteiger partial charge in [-0.05, 0) is 29.2 Å². The molecule has 110 valence electrons. The molecule has 1 amide bonds. The van der Waals surface area contributed by atoms with Crippen LogP contribution in [0.3, 0.4) is 0 Å². The Morgan fingerprint density at radius 3 is 2.67 bits per heavy atom. The van der Waals surface area contributed by atoms with Crippen LogP contribution in [-0.4, -0.2) is 23.1 Å². The number of nitrogens with zero attached hydrogens (tertiary/aromatic N) is 1. The minimum atomic E-state index is -0.0251. The van der Waals surface area contributed by atoms with Crippen LogP contribution in [0.25, 0.3) is 0 Å². The molecule has 1 unspecified atom stereocenters. The van der Waals surface area contributed by atoms with Crippen LogP contribution >= 0.6 is 11.8 Å². The van der Waals surface area contributed by atoms with Crippen molar-refractivity contribution in [3.8, 4) is 0 Å². The summed E-state index contributed by atoms with van der Waals surface area (Å²) in [4.78, 5) is 14.4. The molecule has 1 saturated heterocycles. The van der Waals surface area contributed by atoms with E-state index < -0.39 is 0 Å². The zero-order valence-corrected chi connectivity index (χ0v) is 13.1. The van der Waals surface area contributed by atoms with Crippen molar-refractivity contribution in [1.29, 1.82) is 0 Å². The molecule has 0 bridgehead atoms. The van der Waals surface area contributed by atoms with Gasteiger partial charge in [-0.15, -0.1) is 11.8 Å². The molecule has 1 aromatic heterocycles. The highest BCUT2D eigenvalue weighted by Crippen LogP contribution is 2.39. The number of furan rings is 1. The fraction of sp³-hybridized carbons (Fsp3) is 0.353. The van der Waals surface area contributed by atoms with E-state index in [-0.39, 0.29) is 11.3 Å². The van der Waals surface area contributed by atoms with Crippen molar-refractivity contribution in [2.45, 2.75) is 25.1 Å². The zero-order chi connectivity index (χ0) is 14.8. The lowest BCUT2D eigenvalue weighted by atomic mass is 10.0. The molecule has 1 atom stereocenters. The normalized spacial score (nSPS) is 18.4. The average molecular weight is 301 g/mol. The largest absolute Gasteiger partial charge is 0.459 e. The summed E-state index contributed by atoms with van der Waals surface area (Å²) in [5.74, 6) is 1.88. The maximum atomic E-state index is 12.5. The maximum absolute atomic E-state index is 12.5. The SMILES string of the molecule is CC(C)c1ccc(C2SCCN2C(=O)c2ccco2)cc1. The van der Waals surface area contributed by atoms with Crippen molar-refractivity contribution in [3.05, 3.63) is 59.5 Å². The molecule has 21 heavy (non-hydrogen) atoms. The molecule has 1 aromatic carbocycles. The van der Waals surface area contributed by atoms with Crippen LogP contribution in [0.1, 0.15) is 46.8 Å². The Kier molecular flexibility index (Phi) is 4.06. The lowest BCUT2D eigenvalue weighted by molar-refractivity contribution is 0.0728. The average Bonchev–Trinajstić information content (AvgIpc) is 3.18. The number of amides is 1. The predicted molar refractivity (Wildman–Crippen MR) is 85.5 cm³/mol. The Balaban J connectivity index is 1.82. The second-order valence-corrected chi connectivity index (χ2v) is 6.71. The zero-order valence-electron chi connectivity index (χ0n) is 12.3. The van der Waals surface area contributed by atoms with Crippen LogP contribution in [-0.2, 0) is 0 Å². The Morgan fingerprint density at radius 2 is 2.05 bits per heavy atom. The number of benzene rings is 1. The molecule has 0 N–H and O–H groups in total. The lowest BCUT2D eigenvalue weighted by Crippen LogP contribution is -2.30. The number of hydrogen-bond acceptors (Lipinski definition) is 3. The summed E-state index contributed by atoms with van der Waals surface area (Å²) in [6.45, 7) is 5.14. The van der Waals surface area contributed by atoms with Gasteiger partial charge in [0, 0.05) is 12.3 Å². The van der Waals surface area contributed by atoms with Gasteiger partial charge < -0.3 is 9.32 Å². The summed E-state index contributed by atoms with van der Waals surface area (Å²) >= 11 is 1.81. The van der Waals surface area contributed by atoms with Gasteiger partial charge in [0.2, 0.25) is 0 Å². The van der Waals surface area contributed by atoms with Gasteiger partial charge in [0.15, 0.2) is 5.76 Å². The minimum absolute atomic E-state index is 0.0251. The number of carbonyl (C=O) groups excluding carboxylic acids is 1. The summed E-state index contributed by atoms with van der Waals surface area (Å²) in [5, 5.41) is 0.0869. The van der Waals surface area contributed by atoms with Gasteiger partial charge >= 0.3 is 0 Å². The van der Waals surface area contributed by atoms with E-state index in [0.717, 1.165) is 12.3 Å². The van der Waals surface area contributed by atoms with E-state index in [0.29, 0.717) is 11.7 Å². The molecule has 0 saturated carbocycles. The smallest absolute Gasteiger partial charge is 0.290 e. The molecule has 1 aliphatic heterocycles. The summed E-state index contributed by atoms with van der Waals surface area (Å²) in [6.07, 6.45) is 1.54. The van der Waals surface area contributed by atoms with Gasteiger partial charge in [0.1, 0.15) is 5.37 Å². The van der Waals surface area contributed by atoms with Crippen LogP contribution in [0.2, 0.25) is 0 Å². The molecule has 2 heterocycles. The van der Waals surface area contributed by atoms with E-state index in [1.165, 1.54) is 11.1 Å². The molecule has 1 aliphatic rings. The Morgan fingerprint density at radius 1 is 1.29 bits per heavy atom. The van der Waals surface area contributed by atoms with Gasteiger partial charge in [-0.2, -0.15) is 0 Å². The van der Waals surface area contributed by atoms with E-state index in [1.807, 2.05) is 4.90 Å². The van der Waals surface area contributed by atoms with Crippen molar-refractivity contribution in [2.24, 2.45) is 0 Å². The van der Waals surface area contributed by atoms with E-state index in [9.17, 15) is 4.79 Å². The van der Waals surface area contributed by atoms with Crippen molar-refractivity contribution in [1.82, 2.24) is 4.90 Å². The first kappa shape index (κ1) is 14.3. The molecule has 0 radical (unpaired) electrons. The van der Waals surface area contributed by atoms with E-state index in [2.05, 4.69) is 38.1 Å². The second-order valence-electron chi connectivity index (χ2n) is 5.52. The minimum Gasteiger partial charge on any atom is -0.459 e. The molecule has 1 fully saturated rings. The number of rotatable bonds is 3. The Hall–Kier alpha value is -1.68. The first-order chi connectivity index (χ1) is 10.2. The van der Waals surface area contributed by atoms with Crippen LogP contribution in [0.5, 0.6) is 0 Å². The highest BCUT2D eigenvalue weighted by Gasteiger charge is 2.32. The van der Waals surface area contributed by atoms with Gasteiger partial charge in [-0.1, -0.05) is 38.1 Å². The third-order valence-corrected chi connectivity index (χ3v) is 5.03.